The second-order valence-corrected chi connectivity index (χ2v) is 18.1. The van der Waals surface area contributed by atoms with E-state index in [0.29, 0.717) is 0 Å². The first-order valence-corrected chi connectivity index (χ1v) is 22.1. The van der Waals surface area contributed by atoms with Gasteiger partial charge in [-0.1, -0.05) is 121 Å². The highest BCUT2D eigenvalue weighted by Crippen LogP contribution is 2.66. The molecule has 0 amide bonds. The quantitative estimate of drug-likeness (QED) is 0.162. The lowest BCUT2D eigenvalue weighted by Crippen LogP contribution is -2.57. The van der Waals surface area contributed by atoms with Crippen LogP contribution in [0, 0.1) is 0 Å². The number of hydrogen-bond acceptors (Lipinski definition) is 5. The molecule has 2 atom stereocenters. The van der Waals surface area contributed by atoms with Gasteiger partial charge in [0, 0.05) is 16.3 Å². The van der Waals surface area contributed by atoms with Gasteiger partial charge in [0.15, 0.2) is 23.0 Å². The van der Waals surface area contributed by atoms with Gasteiger partial charge in [0.2, 0.25) is 0 Å². The summed E-state index contributed by atoms with van der Waals surface area (Å²) >= 11 is 0. The Morgan fingerprint density at radius 3 is 1.31 bits per heavy atom. The van der Waals surface area contributed by atoms with Gasteiger partial charge >= 0.3 is 0 Å². The molecule has 0 aromatic heterocycles. The maximum atomic E-state index is 6.86. The van der Waals surface area contributed by atoms with Crippen LogP contribution in [0.15, 0.2) is 182 Å². The molecule has 0 N–H and O–H groups in total. The second-order valence-electron chi connectivity index (χ2n) is 18.1. The van der Waals surface area contributed by atoms with Gasteiger partial charge < -0.3 is 18.9 Å². The van der Waals surface area contributed by atoms with E-state index in [9.17, 15) is 0 Å². The van der Waals surface area contributed by atoms with E-state index in [1.165, 1.54) is 33.4 Å². The lowest BCUT2D eigenvalue weighted by molar-refractivity contribution is 0.446. The highest BCUT2D eigenvalue weighted by molar-refractivity contribution is 6.98. The molecule has 0 saturated heterocycles. The number of hydrogen-bond donors (Lipinski definition) is 0. The van der Waals surface area contributed by atoms with Crippen molar-refractivity contribution in [1.29, 1.82) is 0 Å². The molecule has 6 heteroatoms. The summed E-state index contributed by atoms with van der Waals surface area (Å²) in [7, 11) is 0. The van der Waals surface area contributed by atoms with Crippen LogP contribution >= 0.6 is 0 Å². The Hall–Kier alpha value is -7.96. The van der Waals surface area contributed by atoms with Crippen molar-refractivity contribution in [3.63, 3.8) is 0 Å². The van der Waals surface area contributed by atoms with Crippen LogP contribution < -0.4 is 40.2 Å². The van der Waals surface area contributed by atoms with Crippen molar-refractivity contribution in [3.05, 3.63) is 215 Å². The van der Waals surface area contributed by atoms with Crippen LogP contribution in [0.5, 0.6) is 46.0 Å². The minimum Gasteiger partial charge on any atom is -0.458 e. The first-order valence-electron chi connectivity index (χ1n) is 22.1. The number of para-hydroxylation sites is 6. The Balaban J connectivity index is 0.965. The molecule has 64 heavy (non-hydrogen) atoms. The van der Waals surface area contributed by atoms with E-state index >= 15 is 0 Å². The Labute approximate surface area is 370 Å². The summed E-state index contributed by atoms with van der Waals surface area (Å²) in [6.45, 7) is 4.87. The van der Waals surface area contributed by atoms with Crippen LogP contribution in [0.1, 0.15) is 47.2 Å². The SMILES string of the molecule is CC12c3ccccc3C(C)(c3c(-c4cc5c6c(c4)Oc4ccccc4B6c4ccccc4O5)cccc31)c1c(-c3cc4c5c(c3)Oc3ccccc3N5c3ccccc3O4)cccc12. The fraction of sp³-hybridized carbons (Fsp3) is 0.0690. The van der Waals surface area contributed by atoms with Crippen molar-refractivity contribution in [1.82, 2.24) is 0 Å². The van der Waals surface area contributed by atoms with E-state index in [1.54, 1.807) is 0 Å². The van der Waals surface area contributed by atoms with Crippen LogP contribution in [0.3, 0.4) is 0 Å². The third kappa shape index (κ3) is 4.17. The molecule has 2 unspecified atom stereocenters. The average molecular weight is 822 g/mol. The molecular weight excluding hydrogens is 785 g/mol. The first kappa shape index (κ1) is 34.6. The number of fused-ring (bicyclic) bond motifs is 8. The number of anilines is 3. The van der Waals surface area contributed by atoms with Crippen molar-refractivity contribution in [2.24, 2.45) is 0 Å². The van der Waals surface area contributed by atoms with Gasteiger partial charge in [0.25, 0.3) is 6.71 Å². The van der Waals surface area contributed by atoms with Gasteiger partial charge in [-0.05, 0) is 141 Å². The smallest absolute Gasteiger partial charge is 0.260 e. The molecule has 0 fully saturated rings. The van der Waals surface area contributed by atoms with E-state index < -0.39 is 10.8 Å². The highest BCUT2D eigenvalue weighted by atomic mass is 16.5. The van der Waals surface area contributed by atoms with Crippen LogP contribution in [0.25, 0.3) is 22.3 Å². The minimum atomic E-state index is -0.567. The van der Waals surface area contributed by atoms with Gasteiger partial charge in [-0.3, -0.25) is 4.90 Å². The molecule has 9 aromatic rings. The number of benzene rings is 9. The maximum absolute atomic E-state index is 6.86. The fourth-order valence-corrected chi connectivity index (χ4v) is 12.4. The molecular formula is C58H36BNO4. The zero-order chi connectivity index (χ0) is 42.1. The van der Waals surface area contributed by atoms with E-state index in [0.717, 1.165) is 102 Å². The number of rotatable bonds is 2. The predicted octanol–water partition coefficient (Wildman–Crippen LogP) is 12.8. The molecule has 2 bridgehead atoms. The maximum Gasteiger partial charge on any atom is 0.260 e. The predicted molar refractivity (Wildman–Crippen MR) is 254 cm³/mol. The summed E-state index contributed by atoms with van der Waals surface area (Å²) in [5.74, 6) is 6.59. The van der Waals surface area contributed by atoms with Gasteiger partial charge in [-0.15, -0.1) is 0 Å². The Kier molecular flexibility index (Phi) is 6.46. The zero-order valence-electron chi connectivity index (χ0n) is 35.0. The molecule has 0 spiro atoms. The fourth-order valence-electron chi connectivity index (χ4n) is 12.4. The van der Waals surface area contributed by atoms with Gasteiger partial charge in [0.05, 0.1) is 11.4 Å². The van der Waals surface area contributed by atoms with Crippen LogP contribution in [0.4, 0.5) is 17.1 Å². The summed E-state index contributed by atoms with van der Waals surface area (Å²) in [4.78, 5) is 2.29. The van der Waals surface area contributed by atoms with Crippen LogP contribution in [0.2, 0.25) is 0 Å². The third-order valence-corrected chi connectivity index (χ3v) is 15.0. The zero-order valence-corrected chi connectivity index (χ0v) is 35.0. The van der Waals surface area contributed by atoms with Gasteiger partial charge in [0.1, 0.15) is 28.7 Å². The monoisotopic (exact) mass is 821 g/mol. The molecule has 0 saturated carbocycles. The summed E-state index contributed by atoms with van der Waals surface area (Å²) in [5, 5.41) is 0. The minimum absolute atomic E-state index is 0.0104. The summed E-state index contributed by atoms with van der Waals surface area (Å²) in [6.07, 6.45) is 0. The van der Waals surface area contributed by atoms with Crippen molar-refractivity contribution >= 4 is 40.2 Å². The summed E-state index contributed by atoms with van der Waals surface area (Å²) in [6, 6.07) is 65.2. The molecule has 4 aliphatic heterocycles. The van der Waals surface area contributed by atoms with E-state index in [-0.39, 0.29) is 6.71 Å². The highest BCUT2D eigenvalue weighted by Gasteiger charge is 2.56. The van der Waals surface area contributed by atoms with Crippen LogP contribution in [-0.4, -0.2) is 6.71 Å². The Morgan fingerprint density at radius 2 is 0.781 bits per heavy atom. The molecule has 5 nitrogen and oxygen atoms in total. The van der Waals surface area contributed by atoms with Crippen molar-refractivity contribution in [2.45, 2.75) is 24.7 Å². The molecule has 3 aliphatic carbocycles. The standard InChI is InChI=1S/C58H36BNO4/c1-57-37-17-3-4-18-38(37)58(2,53-35(15-13-19-39(53)57)33-29-49-55-50(30-33)62-46-26-10-6-22-42(46)59(55)41-21-5-9-25-45(41)61-49)54-36(16-14-20-40(54)57)34-31-51-56-52(32-34)64-48-28-12-8-24-44(48)60(56)43-23-7-11-27-47(43)63-51/h3-32H,1-2H3. The van der Waals surface area contributed by atoms with Gasteiger partial charge in [-0.2, -0.15) is 0 Å². The molecule has 4 heterocycles. The molecule has 7 aliphatic rings. The number of nitrogens with zero attached hydrogens (tertiary/aromatic N) is 1. The van der Waals surface area contributed by atoms with E-state index in [2.05, 4.69) is 176 Å². The van der Waals surface area contributed by atoms with Crippen LogP contribution in [-0.2, 0) is 10.8 Å². The van der Waals surface area contributed by atoms with Gasteiger partial charge in [-0.25, -0.2) is 0 Å². The molecule has 16 rings (SSSR count). The average Bonchev–Trinajstić information content (AvgIpc) is 3.34. The third-order valence-electron chi connectivity index (χ3n) is 15.0. The lowest BCUT2D eigenvalue weighted by Gasteiger charge is -2.55. The summed E-state index contributed by atoms with van der Waals surface area (Å²) < 4.78 is 27.4. The van der Waals surface area contributed by atoms with Crippen molar-refractivity contribution < 1.29 is 18.9 Å². The molecule has 9 aromatic carbocycles. The Bertz CT molecular complexity index is 3250. The Morgan fingerprint density at radius 1 is 0.375 bits per heavy atom. The van der Waals surface area contributed by atoms with Crippen molar-refractivity contribution in [2.75, 3.05) is 4.90 Å². The topological polar surface area (TPSA) is 40.2 Å². The van der Waals surface area contributed by atoms with E-state index in [1.807, 2.05) is 24.3 Å². The largest absolute Gasteiger partial charge is 0.458 e. The van der Waals surface area contributed by atoms with E-state index in [4.69, 9.17) is 18.9 Å². The second kappa shape index (κ2) is 11.9. The molecule has 300 valence electrons. The molecule has 0 radical (unpaired) electrons. The number of ether oxygens (including phenoxy) is 4. The first-order chi connectivity index (χ1) is 31.5. The van der Waals surface area contributed by atoms with Crippen molar-refractivity contribution in [3.8, 4) is 68.2 Å². The normalized spacial score (nSPS) is 18.7. The summed E-state index contributed by atoms with van der Waals surface area (Å²) in [5.41, 5.74) is 17.6. The lowest BCUT2D eigenvalue weighted by atomic mass is 9.35.